The fraction of sp³-hybridized carbons (Fsp3) is 0.348. The van der Waals surface area contributed by atoms with Crippen molar-refractivity contribution in [1.29, 1.82) is 0 Å². The largest absolute Gasteiger partial charge is 0.338 e. The molecule has 0 aliphatic carbocycles. The lowest BCUT2D eigenvalue weighted by Gasteiger charge is -2.26. The molecule has 1 aliphatic rings. The third-order valence-corrected chi connectivity index (χ3v) is 8.41. The van der Waals surface area contributed by atoms with Gasteiger partial charge in [-0.05, 0) is 44.0 Å². The van der Waals surface area contributed by atoms with Crippen LogP contribution in [0.5, 0.6) is 0 Å². The van der Waals surface area contributed by atoms with Gasteiger partial charge < -0.3 is 4.90 Å². The Morgan fingerprint density at radius 3 is 2.59 bits per heavy atom. The van der Waals surface area contributed by atoms with Gasteiger partial charge in [0, 0.05) is 12.6 Å². The molecular weight excluding hydrogens is 446 g/mol. The highest BCUT2D eigenvalue weighted by Crippen LogP contribution is 2.25. The monoisotopic (exact) mass is 471 g/mol. The number of rotatable bonds is 6. The third kappa shape index (κ3) is 4.45. The summed E-state index contributed by atoms with van der Waals surface area (Å²) in [7, 11) is -3.09. The van der Waals surface area contributed by atoms with Crippen LogP contribution in [-0.2, 0) is 14.6 Å². The van der Waals surface area contributed by atoms with E-state index in [2.05, 4.69) is 0 Å². The number of hydrogen-bond acceptors (Lipinski definition) is 6. The van der Waals surface area contributed by atoms with Gasteiger partial charge in [-0.2, -0.15) is 0 Å². The van der Waals surface area contributed by atoms with E-state index in [0.29, 0.717) is 29.0 Å². The number of para-hydroxylation sites is 2. The summed E-state index contributed by atoms with van der Waals surface area (Å²) in [6, 6.07) is 14.4. The summed E-state index contributed by atoms with van der Waals surface area (Å²) in [5.41, 5.74) is 2.03. The molecule has 1 atom stereocenters. The maximum Gasteiger partial charge on any atom is 0.266 e. The molecule has 7 nitrogen and oxygen atoms in total. The third-order valence-electron chi connectivity index (χ3n) is 5.74. The first kappa shape index (κ1) is 22.5. The van der Waals surface area contributed by atoms with E-state index >= 15 is 0 Å². The second-order valence-electron chi connectivity index (χ2n) is 7.86. The van der Waals surface area contributed by atoms with Crippen molar-refractivity contribution < 1.29 is 13.2 Å². The molecule has 0 radical (unpaired) electrons. The Morgan fingerprint density at radius 2 is 1.91 bits per heavy atom. The topological polar surface area (TPSA) is 89.3 Å². The molecule has 1 fully saturated rings. The lowest BCUT2D eigenvalue weighted by molar-refractivity contribution is -0.129. The van der Waals surface area contributed by atoms with E-state index in [1.165, 1.54) is 11.8 Å². The Morgan fingerprint density at radius 1 is 1.19 bits per heavy atom. The first-order valence-corrected chi connectivity index (χ1v) is 13.3. The van der Waals surface area contributed by atoms with Crippen molar-refractivity contribution in [2.24, 2.45) is 0 Å². The van der Waals surface area contributed by atoms with E-state index in [1.807, 2.05) is 44.2 Å². The number of fused-ring (bicyclic) bond motifs is 1. The highest BCUT2D eigenvalue weighted by Gasteiger charge is 2.34. The van der Waals surface area contributed by atoms with Gasteiger partial charge in [0.2, 0.25) is 5.91 Å². The number of hydrogen-bond donors (Lipinski definition) is 0. The number of benzene rings is 2. The number of thioether (sulfide) groups is 1. The minimum Gasteiger partial charge on any atom is -0.338 e. The van der Waals surface area contributed by atoms with Crippen LogP contribution in [0, 0.1) is 6.92 Å². The van der Waals surface area contributed by atoms with Gasteiger partial charge >= 0.3 is 0 Å². The minimum absolute atomic E-state index is 0.0133. The number of aryl methyl sites for hydroxylation is 1. The molecule has 1 aliphatic heterocycles. The van der Waals surface area contributed by atoms with Gasteiger partial charge in [0.25, 0.3) is 5.56 Å². The van der Waals surface area contributed by atoms with E-state index in [1.54, 1.807) is 27.7 Å². The first-order valence-electron chi connectivity index (χ1n) is 10.5. The molecule has 9 heteroatoms. The summed E-state index contributed by atoms with van der Waals surface area (Å²) in [6.45, 7) is 4.22. The quantitative estimate of drug-likeness (QED) is 0.406. The van der Waals surface area contributed by atoms with Gasteiger partial charge in [-0.1, -0.05) is 42.1 Å². The van der Waals surface area contributed by atoms with Crippen molar-refractivity contribution in [1.82, 2.24) is 14.5 Å². The zero-order valence-electron chi connectivity index (χ0n) is 18.0. The highest BCUT2D eigenvalue weighted by molar-refractivity contribution is 7.99. The molecule has 1 unspecified atom stereocenters. The van der Waals surface area contributed by atoms with E-state index in [0.717, 1.165) is 11.3 Å². The molecule has 0 N–H and O–H groups in total. The summed E-state index contributed by atoms with van der Waals surface area (Å²) in [6.07, 6.45) is 0.467. The van der Waals surface area contributed by atoms with Crippen LogP contribution in [0.3, 0.4) is 0 Å². The van der Waals surface area contributed by atoms with Crippen molar-refractivity contribution in [2.45, 2.75) is 31.5 Å². The molecule has 0 spiro atoms. The van der Waals surface area contributed by atoms with Gasteiger partial charge in [-0.3, -0.25) is 14.2 Å². The van der Waals surface area contributed by atoms with Crippen molar-refractivity contribution in [3.8, 4) is 5.69 Å². The molecule has 32 heavy (non-hydrogen) atoms. The summed E-state index contributed by atoms with van der Waals surface area (Å²) in [5.74, 6) is 0.0482. The molecular formula is C23H25N3O4S2. The molecule has 0 bridgehead atoms. The maximum atomic E-state index is 13.4. The summed E-state index contributed by atoms with van der Waals surface area (Å²) < 4.78 is 25.3. The van der Waals surface area contributed by atoms with Gasteiger partial charge in [-0.15, -0.1) is 0 Å². The van der Waals surface area contributed by atoms with Crippen LogP contribution in [-0.4, -0.2) is 58.6 Å². The van der Waals surface area contributed by atoms with Gasteiger partial charge in [0.1, 0.15) is 0 Å². The van der Waals surface area contributed by atoms with Crippen molar-refractivity contribution in [3.63, 3.8) is 0 Å². The minimum atomic E-state index is -3.09. The average molecular weight is 472 g/mol. The molecule has 2 heterocycles. The zero-order valence-corrected chi connectivity index (χ0v) is 19.7. The van der Waals surface area contributed by atoms with E-state index in [-0.39, 0.29) is 34.8 Å². The van der Waals surface area contributed by atoms with Crippen molar-refractivity contribution in [3.05, 3.63) is 64.4 Å². The molecule has 1 saturated heterocycles. The smallest absolute Gasteiger partial charge is 0.266 e. The second-order valence-corrected chi connectivity index (χ2v) is 11.0. The summed E-state index contributed by atoms with van der Waals surface area (Å²) in [4.78, 5) is 32.7. The van der Waals surface area contributed by atoms with E-state index in [9.17, 15) is 18.0 Å². The van der Waals surface area contributed by atoms with Crippen LogP contribution in [0.1, 0.15) is 18.9 Å². The molecule has 4 rings (SSSR count). The van der Waals surface area contributed by atoms with Crippen LogP contribution in [0.4, 0.5) is 0 Å². The average Bonchev–Trinajstić information content (AvgIpc) is 3.13. The standard InChI is InChI=1S/C23H25N3O4S2/c1-3-25(17-12-13-32(29,30)15-17)21(27)14-31-23-24-19-10-6-5-9-18(19)22(28)26(23)20-11-7-4-8-16(20)2/h4-11,17H,3,12-15H2,1-2H3. The fourth-order valence-corrected chi connectivity index (χ4v) is 6.73. The van der Waals surface area contributed by atoms with Crippen LogP contribution < -0.4 is 5.56 Å². The van der Waals surface area contributed by atoms with Gasteiger partial charge in [0.15, 0.2) is 15.0 Å². The molecule has 1 aromatic heterocycles. The Bertz CT molecular complexity index is 1330. The highest BCUT2D eigenvalue weighted by atomic mass is 32.2. The zero-order chi connectivity index (χ0) is 22.9. The lowest BCUT2D eigenvalue weighted by atomic mass is 10.2. The molecule has 168 valence electrons. The number of carbonyl (C=O) groups excluding carboxylic acids is 1. The number of sulfone groups is 1. The Balaban J connectivity index is 1.68. The van der Waals surface area contributed by atoms with E-state index < -0.39 is 9.84 Å². The Labute approximate surface area is 191 Å². The van der Waals surface area contributed by atoms with Crippen LogP contribution in [0.25, 0.3) is 16.6 Å². The normalized spacial score (nSPS) is 17.5. The maximum absolute atomic E-state index is 13.4. The van der Waals surface area contributed by atoms with Gasteiger partial charge in [0.05, 0.1) is 33.8 Å². The summed E-state index contributed by atoms with van der Waals surface area (Å²) in [5, 5.41) is 0.948. The van der Waals surface area contributed by atoms with Crippen molar-refractivity contribution in [2.75, 3.05) is 23.8 Å². The summed E-state index contributed by atoms with van der Waals surface area (Å²) >= 11 is 1.20. The van der Waals surface area contributed by atoms with E-state index in [4.69, 9.17) is 4.98 Å². The van der Waals surface area contributed by atoms with Crippen LogP contribution >= 0.6 is 11.8 Å². The second kappa shape index (κ2) is 9.07. The molecule has 1 amide bonds. The van der Waals surface area contributed by atoms with Crippen LogP contribution in [0.2, 0.25) is 0 Å². The number of aromatic nitrogens is 2. The lowest BCUT2D eigenvalue weighted by Crippen LogP contribution is -2.42. The molecule has 3 aromatic rings. The SMILES string of the molecule is CCN(C(=O)CSc1nc2ccccc2c(=O)n1-c1ccccc1C)C1CCS(=O)(=O)C1. The number of carbonyl (C=O) groups is 1. The van der Waals surface area contributed by atoms with Crippen LogP contribution in [0.15, 0.2) is 58.5 Å². The molecule has 2 aromatic carbocycles. The van der Waals surface area contributed by atoms with Gasteiger partial charge in [-0.25, -0.2) is 13.4 Å². The predicted octanol–water partition coefficient (Wildman–Crippen LogP) is 2.82. The Hall–Kier alpha value is -2.65. The fourth-order valence-electron chi connectivity index (χ4n) is 4.10. The number of amides is 1. The number of nitrogens with zero attached hydrogens (tertiary/aromatic N) is 3. The van der Waals surface area contributed by atoms with Crippen molar-refractivity contribution >= 4 is 38.4 Å². The first-order chi connectivity index (χ1) is 15.3. The predicted molar refractivity (Wildman–Crippen MR) is 127 cm³/mol. The Kier molecular flexibility index (Phi) is 6.39. The molecule has 0 saturated carbocycles.